The van der Waals surface area contributed by atoms with Gasteiger partial charge in [-0.15, -0.1) is 0 Å². The highest BCUT2D eigenvalue weighted by atomic mass is 16.5. The van der Waals surface area contributed by atoms with Crippen LogP contribution in [0.1, 0.15) is 24.0 Å². The zero-order chi connectivity index (χ0) is 22.5. The Labute approximate surface area is 181 Å². The number of nitriles is 1. The summed E-state index contributed by atoms with van der Waals surface area (Å²) in [6.45, 7) is 0.0549. The summed E-state index contributed by atoms with van der Waals surface area (Å²) in [6.07, 6.45) is -0.396. The maximum Gasteiger partial charge on any atom is 0.408 e. The number of benzene rings is 2. The lowest BCUT2D eigenvalue weighted by Gasteiger charge is -2.22. The van der Waals surface area contributed by atoms with Gasteiger partial charge in [0, 0.05) is 12.8 Å². The van der Waals surface area contributed by atoms with Crippen molar-refractivity contribution in [3.63, 3.8) is 0 Å². The number of ether oxygens (including phenoxy) is 2. The van der Waals surface area contributed by atoms with Crippen molar-refractivity contribution >= 4 is 18.0 Å². The molecule has 162 valence electrons. The number of rotatable bonds is 10. The van der Waals surface area contributed by atoms with Crippen molar-refractivity contribution in [2.75, 3.05) is 7.11 Å². The van der Waals surface area contributed by atoms with Crippen LogP contribution in [-0.2, 0) is 32.1 Å². The van der Waals surface area contributed by atoms with Crippen molar-refractivity contribution in [3.05, 3.63) is 71.8 Å². The number of alkyl carbamates (subject to hydrolysis) is 1. The van der Waals surface area contributed by atoms with Gasteiger partial charge in [-0.05, 0) is 17.5 Å². The molecule has 31 heavy (non-hydrogen) atoms. The van der Waals surface area contributed by atoms with Crippen molar-refractivity contribution < 1.29 is 23.9 Å². The zero-order valence-corrected chi connectivity index (χ0v) is 17.2. The third kappa shape index (κ3) is 8.19. The van der Waals surface area contributed by atoms with E-state index in [1.165, 1.54) is 7.11 Å². The molecule has 0 bridgehead atoms. The lowest BCUT2D eigenvalue weighted by Crippen LogP contribution is -2.52. The van der Waals surface area contributed by atoms with Gasteiger partial charge >= 0.3 is 12.1 Å². The molecule has 2 atom stereocenters. The number of carbonyl (C=O) groups is 3. The molecule has 2 rings (SSSR count). The molecule has 0 radical (unpaired) electrons. The quantitative estimate of drug-likeness (QED) is 0.567. The molecule has 0 unspecified atom stereocenters. The molecule has 0 aliphatic carbocycles. The number of hydrogen-bond acceptors (Lipinski definition) is 6. The first-order valence-corrected chi connectivity index (χ1v) is 9.79. The van der Waals surface area contributed by atoms with Gasteiger partial charge in [0.05, 0.1) is 13.2 Å². The number of carbonyl (C=O) groups excluding carboxylic acids is 3. The van der Waals surface area contributed by atoms with Crippen LogP contribution in [0.5, 0.6) is 0 Å². The van der Waals surface area contributed by atoms with Gasteiger partial charge in [0.25, 0.3) is 0 Å². The Morgan fingerprint density at radius 3 is 2.13 bits per heavy atom. The van der Waals surface area contributed by atoms with E-state index in [4.69, 9.17) is 14.7 Å². The Bertz CT molecular complexity index is 896. The predicted molar refractivity (Wildman–Crippen MR) is 112 cm³/mol. The number of amides is 2. The third-order valence-corrected chi connectivity index (χ3v) is 4.45. The minimum atomic E-state index is -0.988. The van der Waals surface area contributed by atoms with E-state index in [9.17, 15) is 14.4 Å². The Morgan fingerprint density at radius 1 is 0.935 bits per heavy atom. The van der Waals surface area contributed by atoms with E-state index in [-0.39, 0.29) is 25.9 Å². The highest BCUT2D eigenvalue weighted by molar-refractivity contribution is 5.89. The van der Waals surface area contributed by atoms with Crippen LogP contribution in [0.25, 0.3) is 0 Å². The molecule has 0 aromatic heterocycles. The molecule has 0 spiro atoms. The molecule has 0 heterocycles. The summed E-state index contributed by atoms with van der Waals surface area (Å²) in [5.41, 5.74) is 1.63. The van der Waals surface area contributed by atoms with Gasteiger partial charge in [0.15, 0.2) is 0 Å². The van der Waals surface area contributed by atoms with Crippen LogP contribution in [0.2, 0.25) is 0 Å². The fourth-order valence-corrected chi connectivity index (χ4v) is 2.84. The molecule has 0 aliphatic heterocycles. The molecular weight excluding hydrogens is 398 g/mol. The third-order valence-electron chi connectivity index (χ3n) is 4.45. The van der Waals surface area contributed by atoms with Gasteiger partial charge in [-0.3, -0.25) is 4.79 Å². The van der Waals surface area contributed by atoms with Crippen LogP contribution >= 0.6 is 0 Å². The van der Waals surface area contributed by atoms with E-state index in [1.807, 2.05) is 66.7 Å². The second-order valence-corrected chi connectivity index (χ2v) is 6.73. The average Bonchev–Trinajstić information content (AvgIpc) is 2.80. The van der Waals surface area contributed by atoms with Gasteiger partial charge in [0.1, 0.15) is 18.7 Å². The molecular formula is C23H25N3O5. The summed E-state index contributed by atoms with van der Waals surface area (Å²) in [7, 11) is 1.20. The van der Waals surface area contributed by atoms with E-state index in [2.05, 4.69) is 10.6 Å². The Hall–Kier alpha value is -3.86. The zero-order valence-electron chi connectivity index (χ0n) is 17.2. The second kappa shape index (κ2) is 12.6. The van der Waals surface area contributed by atoms with E-state index < -0.39 is 30.1 Å². The SMILES string of the molecule is COC(=O)[C@H](CCC#N)NC(=O)[C@@H](Cc1ccccc1)NC(=O)OCc1ccccc1. The van der Waals surface area contributed by atoms with Gasteiger partial charge in [-0.25, -0.2) is 9.59 Å². The van der Waals surface area contributed by atoms with Gasteiger partial charge in [0.2, 0.25) is 5.91 Å². The van der Waals surface area contributed by atoms with Gasteiger partial charge < -0.3 is 20.1 Å². The number of nitrogens with one attached hydrogen (secondary N) is 2. The Morgan fingerprint density at radius 2 is 1.55 bits per heavy atom. The Kier molecular flexibility index (Phi) is 9.56. The molecule has 8 nitrogen and oxygen atoms in total. The van der Waals surface area contributed by atoms with E-state index in [0.29, 0.717) is 0 Å². The maximum atomic E-state index is 12.9. The summed E-state index contributed by atoms with van der Waals surface area (Å²) in [4.78, 5) is 37.2. The van der Waals surface area contributed by atoms with Crippen LogP contribution in [0.15, 0.2) is 60.7 Å². The second-order valence-electron chi connectivity index (χ2n) is 6.73. The van der Waals surface area contributed by atoms with E-state index >= 15 is 0 Å². The van der Waals surface area contributed by atoms with Crippen LogP contribution in [0, 0.1) is 11.3 Å². The minimum absolute atomic E-state index is 0.0549. The van der Waals surface area contributed by atoms with Crippen LogP contribution in [0.4, 0.5) is 4.79 Å². The van der Waals surface area contributed by atoms with Crippen molar-refractivity contribution in [1.82, 2.24) is 10.6 Å². The monoisotopic (exact) mass is 423 g/mol. The standard InChI is InChI=1S/C23H25N3O5/c1-30-22(28)19(13-8-14-24)25-21(27)20(15-17-9-4-2-5-10-17)26-23(29)31-16-18-11-6-3-7-12-18/h2-7,9-12,19-20H,8,13,15-16H2,1H3,(H,25,27)(H,26,29)/t19-,20+/m0/s1. The van der Waals surface area contributed by atoms with Gasteiger partial charge in [-0.2, -0.15) is 5.26 Å². The minimum Gasteiger partial charge on any atom is -0.467 e. The largest absolute Gasteiger partial charge is 0.467 e. The molecule has 8 heteroatoms. The number of esters is 1. The predicted octanol–water partition coefficient (Wildman–Crippen LogP) is 2.49. The molecule has 2 aromatic rings. The fraction of sp³-hybridized carbons (Fsp3) is 0.304. The molecule has 2 N–H and O–H groups in total. The molecule has 0 fully saturated rings. The number of nitrogens with zero attached hydrogens (tertiary/aromatic N) is 1. The van der Waals surface area contributed by atoms with Crippen LogP contribution in [0.3, 0.4) is 0 Å². The number of methoxy groups -OCH3 is 1. The average molecular weight is 423 g/mol. The van der Waals surface area contributed by atoms with Gasteiger partial charge in [-0.1, -0.05) is 60.7 Å². The van der Waals surface area contributed by atoms with Crippen molar-refractivity contribution in [1.29, 1.82) is 5.26 Å². The lowest BCUT2D eigenvalue weighted by atomic mass is 10.0. The Balaban J connectivity index is 2.07. The smallest absolute Gasteiger partial charge is 0.408 e. The molecule has 0 saturated carbocycles. The lowest BCUT2D eigenvalue weighted by molar-refractivity contribution is -0.145. The highest BCUT2D eigenvalue weighted by Crippen LogP contribution is 2.07. The molecule has 0 aliphatic rings. The molecule has 2 aromatic carbocycles. The summed E-state index contributed by atoms with van der Waals surface area (Å²) in [5.74, 6) is -1.23. The number of hydrogen-bond donors (Lipinski definition) is 2. The van der Waals surface area contributed by atoms with E-state index in [1.54, 1.807) is 0 Å². The summed E-state index contributed by atoms with van der Waals surface area (Å²) < 4.78 is 9.92. The highest BCUT2D eigenvalue weighted by Gasteiger charge is 2.27. The maximum absolute atomic E-state index is 12.9. The van der Waals surface area contributed by atoms with Crippen molar-refractivity contribution in [3.8, 4) is 6.07 Å². The topological polar surface area (TPSA) is 118 Å². The molecule has 2 amide bonds. The fourth-order valence-electron chi connectivity index (χ4n) is 2.84. The first kappa shape index (κ1) is 23.4. The first-order chi connectivity index (χ1) is 15.0. The normalized spacial score (nSPS) is 12.0. The van der Waals surface area contributed by atoms with Crippen LogP contribution in [-0.4, -0.2) is 37.2 Å². The summed E-state index contributed by atoms with van der Waals surface area (Å²) in [6, 6.07) is 18.2. The van der Waals surface area contributed by atoms with Crippen molar-refractivity contribution in [2.24, 2.45) is 0 Å². The van der Waals surface area contributed by atoms with Crippen LogP contribution < -0.4 is 10.6 Å². The van der Waals surface area contributed by atoms with Crippen molar-refractivity contribution in [2.45, 2.75) is 38.0 Å². The summed E-state index contributed by atoms with van der Waals surface area (Å²) in [5, 5.41) is 13.9. The molecule has 0 saturated heterocycles. The van der Waals surface area contributed by atoms with E-state index in [0.717, 1.165) is 11.1 Å². The first-order valence-electron chi connectivity index (χ1n) is 9.79. The summed E-state index contributed by atoms with van der Waals surface area (Å²) >= 11 is 0.